The highest BCUT2D eigenvalue weighted by Crippen LogP contribution is 2.48. The maximum Gasteiger partial charge on any atom is 0.305 e. The van der Waals surface area contributed by atoms with Crippen LogP contribution in [0, 0.1) is 17.3 Å². The van der Waals surface area contributed by atoms with Gasteiger partial charge in [-0.15, -0.1) is 0 Å². The summed E-state index contributed by atoms with van der Waals surface area (Å²) in [5.41, 5.74) is -0.000675. The van der Waals surface area contributed by atoms with Gasteiger partial charge in [0, 0.05) is 38.4 Å². The van der Waals surface area contributed by atoms with E-state index in [9.17, 15) is 19.8 Å². The van der Waals surface area contributed by atoms with Crippen molar-refractivity contribution in [2.24, 2.45) is 17.3 Å². The zero-order chi connectivity index (χ0) is 22.7. The fourth-order valence-corrected chi connectivity index (χ4v) is 4.92. The van der Waals surface area contributed by atoms with Crippen molar-refractivity contribution in [1.82, 2.24) is 0 Å². The van der Waals surface area contributed by atoms with Gasteiger partial charge < -0.3 is 19.7 Å². The molecule has 4 atom stereocenters. The molecule has 0 aliphatic heterocycles. The third-order valence-corrected chi connectivity index (χ3v) is 7.07. The minimum atomic E-state index is -0.655. The molecule has 0 radical (unpaired) electrons. The van der Waals surface area contributed by atoms with Crippen LogP contribution in [0.3, 0.4) is 0 Å². The highest BCUT2D eigenvalue weighted by Gasteiger charge is 2.42. The number of esters is 1. The summed E-state index contributed by atoms with van der Waals surface area (Å²) in [4.78, 5) is 23.5. The van der Waals surface area contributed by atoms with Crippen molar-refractivity contribution < 1.29 is 29.3 Å². The number of aliphatic hydroxyl groups is 2. The summed E-state index contributed by atoms with van der Waals surface area (Å²) < 4.78 is 9.78. The Balaban J connectivity index is 1.83. The molecule has 2 aliphatic rings. The zero-order valence-electron chi connectivity index (χ0n) is 19.1. The van der Waals surface area contributed by atoms with Crippen LogP contribution >= 0.6 is 0 Å². The summed E-state index contributed by atoms with van der Waals surface area (Å²) in [7, 11) is 3.09. The number of ketones is 1. The lowest BCUT2D eigenvalue weighted by atomic mass is 9.62. The SMILES string of the molecule is COCCCC1(C(O)CC=C[C@H]2C(O)CC(=O)[C@@H]2CC=CCCCC(=O)OC)CCC1. The molecular formula is C25H40O6. The Labute approximate surface area is 186 Å². The van der Waals surface area contributed by atoms with Gasteiger partial charge in [-0.1, -0.05) is 30.7 Å². The Hall–Kier alpha value is -1.50. The molecule has 2 unspecified atom stereocenters. The normalized spacial score (nSPS) is 26.5. The minimum Gasteiger partial charge on any atom is -0.469 e. The van der Waals surface area contributed by atoms with Gasteiger partial charge >= 0.3 is 5.97 Å². The second kappa shape index (κ2) is 13.1. The first-order chi connectivity index (χ1) is 14.9. The van der Waals surface area contributed by atoms with Crippen LogP contribution in [0.5, 0.6) is 0 Å². The summed E-state index contributed by atoms with van der Waals surface area (Å²) in [6.07, 6.45) is 15.2. The third kappa shape index (κ3) is 7.55. The molecule has 0 aromatic rings. The number of carbonyl (C=O) groups excluding carboxylic acids is 2. The van der Waals surface area contributed by atoms with E-state index in [-0.39, 0.29) is 35.4 Å². The average molecular weight is 437 g/mol. The van der Waals surface area contributed by atoms with Crippen LogP contribution in [0.2, 0.25) is 0 Å². The van der Waals surface area contributed by atoms with Gasteiger partial charge in [0.15, 0.2) is 0 Å². The molecule has 6 heteroatoms. The number of hydrogen-bond donors (Lipinski definition) is 2. The summed E-state index contributed by atoms with van der Waals surface area (Å²) in [5, 5.41) is 21.2. The fraction of sp³-hybridized carbons (Fsp3) is 0.760. The predicted octanol–water partition coefficient (Wildman–Crippen LogP) is 3.75. The number of aliphatic hydroxyl groups excluding tert-OH is 2. The van der Waals surface area contributed by atoms with Gasteiger partial charge in [0.1, 0.15) is 5.78 Å². The van der Waals surface area contributed by atoms with Gasteiger partial charge in [-0.2, -0.15) is 0 Å². The van der Waals surface area contributed by atoms with Crippen molar-refractivity contribution >= 4 is 11.8 Å². The smallest absolute Gasteiger partial charge is 0.305 e. The number of methoxy groups -OCH3 is 2. The minimum absolute atomic E-state index is 0.000675. The maximum absolute atomic E-state index is 12.4. The van der Waals surface area contributed by atoms with E-state index in [1.54, 1.807) is 7.11 Å². The van der Waals surface area contributed by atoms with Crippen molar-refractivity contribution in [1.29, 1.82) is 0 Å². The topological polar surface area (TPSA) is 93.1 Å². The number of Topliss-reactive ketones (excluding diaryl/α,β-unsaturated/α-hetero) is 1. The second-order valence-electron chi connectivity index (χ2n) is 9.09. The first-order valence-corrected chi connectivity index (χ1v) is 11.7. The van der Waals surface area contributed by atoms with Crippen molar-refractivity contribution in [3.63, 3.8) is 0 Å². The molecule has 0 spiro atoms. The number of hydrogen-bond acceptors (Lipinski definition) is 6. The molecule has 176 valence electrons. The molecule has 0 saturated heterocycles. The number of ether oxygens (including phenoxy) is 2. The van der Waals surface area contributed by atoms with E-state index in [2.05, 4.69) is 4.74 Å². The third-order valence-electron chi connectivity index (χ3n) is 7.07. The number of rotatable bonds is 14. The zero-order valence-corrected chi connectivity index (χ0v) is 19.1. The second-order valence-corrected chi connectivity index (χ2v) is 9.09. The molecule has 31 heavy (non-hydrogen) atoms. The molecule has 2 saturated carbocycles. The summed E-state index contributed by atoms with van der Waals surface area (Å²) >= 11 is 0. The van der Waals surface area contributed by atoms with Crippen molar-refractivity contribution in [3.8, 4) is 0 Å². The van der Waals surface area contributed by atoms with E-state index in [4.69, 9.17) is 4.74 Å². The largest absolute Gasteiger partial charge is 0.469 e. The Morgan fingerprint density at radius 3 is 2.65 bits per heavy atom. The summed E-state index contributed by atoms with van der Waals surface area (Å²) in [5.74, 6) is -0.543. The van der Waals surface area contributed by atoms with Gasteiger partial charge in [-0.05, 0) is 56.8 Å². The molecule has 2 fully saturated rings. The molecule has 2 rings (SSSR count). The van der Waals surface area contributed by atoms with Gasteiger partial charge in [0.05, 0.1) is 19.3 Å². The molecule has 0 heterocycles. The van der Waals surface area contributed by atoms with Crippen LogP contribution in [-0.4, -0.2) is 55.0 Å². The van der Waals surface area contributed by atoms with Crippen LogP contribution in [0.25, 0.3) is 0 Å². The molecular weight excluding hydrogens is 396 g/mol. The van der Waals surface area contributed by atoms with E-state index in [1.807, 2.05) is 24.3 Å². The lowest BCUT2D eigenvalue weighted by molar-refractivity contribution is -0.140. The standard InChI is InChI=1S/C25H40O6/c1-30-17-9-16-25(14-8-15-25)23(28)12-7-11-20-19(21(26)18-22(20)27)10-5-3-4-6-13-24(29)31-2/h3,5,7,11,19-20,22-23,27-28H,4,6,8-10,12-18H2,1-2H3/t19-,20-,22?,23?/m1/s1. The van der Waals surface area contributed by atoms with Crippen LogP contribution in [-0.2, 0) is 19.1 Å². The Kier molecular flexibility index (Phi) is 10.9. The average Bonchev–Trinajstić information content (AvgIpc) is 2.99. The van der Waals surface area contributed by atoms with Crippen LogP contribution in [0.1, 0.15) is 70.6 Å². The van der Waals surface area contributed by atoms with Gasteiger partial charge in [0.2, 0.25) is 0 Å². The molecule has 6 nitrogen and oxygen atoms in total. The monoisotopic (exact) mass is 436 g/mol. The lowest BCUT2D eigenvalue weighted by Gasteiger charge is -2.45. The number of unbranched alkanes of at least 4 members (excludes halogenated alkanes) is 1. The molecule has 0 bridgehead atoms. The van der Waals surface area contributed by atoms with E-state index in [0.717, 1.165) is 51.6 Å². The highest BCUT2D eigenvalue weighted by molar-refractivity contribution is 5.84. The molecule has 0 amide bonds. The lowest BCUT2D eigenvalue weighted by Crippen LogP contribution is -2.41. The van der Waals surface area contributed by atoms with Crippen molar-refractivity contribution in [2.75, 3.05) is 20.8 Å². The fourth-order valence-electron chi connectivity index (χ4n) is 4.92. The summed E-state index contributed by atoms with van der Waals surface area (Å²) in [6.45, 7) is 0.721. The van der Waals surface area contributed by atoms with Crippen LogP contribution < -0.4 is 0 Å². The van der Waals surface area contributed by atoms with E-state index in [1.165, 1.54) is 7.11 Å². The quantitative estimate of drug-likeness (QED) is 0.245. The van der Waals surface area contributed by atoms with E-state index < -0.39 is 12.2 Å². The van der Waals surface area contributed by atoms with Gasteiger partial charge in [-0.3, -0.25) is 9.59 Å². The van der Waals surface area contributed by atoms with Crippen molar-refractivity contribution in [2.45, 2.75) is 82.8 Å². The van der Waals surface area contributed by atoms with Crippen LogP contribution in [0.4, 0.5) is 0 Å². The van der Waals surface area contributed by atoms with E-state index in [0.29, 0.717) is 19.3 Å². The van der Waals surface area contributed by atoms with Gasteiger partial charge in [-0.25, -0.2) is 0 Å². The van der Waals surface area contributed by atoms with Gasteiger partial charge in [0.25, 0.3) is 0 Å². The Morgan fingerprint density at radius 2 is 2.00 bits per heavy atom. The number of allylic oxidation sites excluding steroid dienone is 2. The first kappa shape index (κ1) is 25.8. The summed E-state index contributed by atoms with van der Waals surface area (Å²) in [6, 6.07) is 0. The molecule has 2 aliphatic carbocycles. The predicted molar refractivity (Wildman–Crippen MR) is 119 cm³/mol. The number of carbonyl (C=O) groups is 2. The Morgan fingerprint density at radius 1 is 1.23 bits per heavy atom. The molecule has 0 aromatic carbocycles. The van der Waals surface area contributed by atoms with Crippen molar-refractivity contribution in [3.05, 3.63) is 24.3 Å². The molecule has 0 aromatic heterocycles. The Bertz CT molecular complexity index is 622. The first-order valence-electron chi connectivity index (χ1n) is 11.7. The molecule has 2 N–H and O–H groups in total. The van der Waals surface area contributed by atoms with Crippen LogP contribution in [0.15, 0.2) is 24.3 Å². The highest BCUT2D eigenvalue weighted by atomic mass is 16.5. The van der Waals surface area contributed by atoms with E-state index >= 15 is 0 Å². The maximum atomic E-state index is 12.4.